The maximum Gasteiger partial charge on any atom is 0.256 e. The fraction of sp³-hybridized carbons (Fsp3) is 0.556. The number of likely N-dealkylation sites (tertiary alicyclic amines) is 1. The maximum absolute atomic E-state index is 13.8. The number of piperazine rings is 1. The fourth-order valence-corrected chi connectivity index (χ4v) is 3.55. The molecule has 0 aromatic heterocycles. The van der Waals surface area contributed by atoms with E-state index in [0.717, 1.165) is 18.7 Å². The number of rotatable bonds is 2. The van der Waals surface area contributed by atoms with E-state index in [4.69, 9.17) is 0 Å². The third-order valence-electron chi connectivity index (χ3n) is 4.97. The summed E-state index contributed by atoms with van der Waals surface area (Å²) < 4.78 is 26.8. The minimum Gasteiger partial charge on any atom is -0.340 e. The van der Waals surface area contributed by atoms with Gasteiger partial charge >= 0.3 is 0 Å². The number of benzene rings is 1. The monoisotopic (exact) mass is 387 g/mol. The summed E-state index contributed by atoms with van der Waals surface area (Å²) in [6.45, 7) is 5.09. The molecule has 26 heavy (non-hydrogen) atoms. The molecule has 5 nitrogen and oxygen atoms in total. The number of halogens is 3. The number of amides is 2. The van der Waals surface area contributed by atoms with Gasteiger partial charge in [-0.05, 0) is 31.9 Å². The average Bonchev–Trinajstić information content (AvgIpc) is 2.61. The number of carbonyl (C=O) groups is 2. The normalized spacial score (nSPS) is 21.3. The van der Waals surface area contributed by atoms with Crippen LogP contribution in [0.1, 0.15) is 30.1 Å². The van der Waals surface area contributed by atoms with E-state index in [0.29, 0.717) is 45.1 Å². The van der Waals surface area contributed by atoms with Crippen LogP contribution in [0.3, 0.4) is 0 Å². The van der Waals surface area contributed by atoms with E-state index in [1.807, 2.05) is 4.90 Å². The van der Waals surface area contributed by atoms with Gasteiger partial charge in [0.05, 0.1) is 5.56 Å². The third kappa shape index (κ3) is 4.51. The number of hydrogen-bond acceptors (Lipinski definition) is 3. The first kappa shape index (κ1) is 20.6. The molecular formula is C18H24ClF2N3O2. The highest BCUT2D eigenvalue weighted by Gasteiger charge is 2.32. The Bertz CT molecular complexity index is 666. The van der Waals surface area contributed by atoms with Crippen molar-refractivity contribution in [1.29, 1.82) is 0 Å². The summed E-state index contributed by atoms with van der Waals surface area (Å²) in [5, 5.41) is 3.31. The predicted octanol–water partition coefficient (Wildman–Crippen LogP) is 2.06. The van der Waals surface area contributed by atoms with Gasteiger partial charge in [0.25, 0.3) is 5.91 Å². The minimum atomic E-state index is -0.849. The van der Waals surface area contributed by atoms with E-state index in [1.54, 1.807) is 4.90 Å². The van der Waals surface area contributed by atoms with Crippen molar-refractivity contribution in [1.82, 2.24) is 15.1 Å². The zero-order chi connectivity index (χ0) is 18.0. The van der Waals surface area contributed by atoms with Crippen LogP contribution in [-0.2, 0) is 4.79 Å². The Kier molecular flexibility index (Phi) is 6.94. The summed E-state index contributed by atoms with van der Waals surface area (Å²) in [5.74, 6) is -1.94. The largest absolute Gasteiger partial charge is 0.340 e. The lowest BCUT2D eigenvalue weighted by Gasteiger charge is -2.37. The van der Waals surface area contributed by atoms with Gasteiger partial charge in [-0.25, -0.2) is 8.78 Å². The van der Waals surface area contributed by atoms with Crippen molar-refractivity contribution in [2.45, 2.75) is 25.8 Å². The molecule has 2 amide bonds. The van der Waals surface area contributed by atoms with Crippen LogP contribution in [0.5, 0.6) is 0 Å². The molecule has 2 aliphatic heterocycles. The number of hydrogen-bond donors (Lipinski definition) is 1. The predicted molar refractivity (Wildman–Crippen MR) is 96.3 cm³/mol. The first-order valence-electron chi connectivity index (χ1n) is 8.72. The summed E-state index contributed by atoms with van der Waals surface area (Å²) in [6, 6.07) is 3.26. The number of carbonyl (C=O) groups excluding carboxylic acids is 2. The summed E-state index contributed by atoms with van der Waals surface area (Å²) >= 11 is 0. The molecule has 0 radical (unpaired) electrons. The van der Waals surface area contributed by atoms with Gasteiger partial charge in [-0.15, -0.1) is 12.4 Å². The van der Waals surface area contributed by atoms with Gasteiger partial charge in [-0.2, -0.15) is 0 Å². The van der Waals surface area contributed by atoms with Gasteiger partial charge in [-0.1, -0.05) is 0 Å². The molecule has 1 aromatic carbocycles. The third-order valence-corrected chi connectivity index (χ3v) is 4.97. The molecule has 0 saturated carbocycles. The van der Waals surface area contributed by atoms with E-state index < -0.39 is 17.5 Å². The molecule has 1 N–H and O–H groups in total. The van der Waals surface area contributed by atoms with Crippen LogP contribution in [-0.4, -0.2) is 60.4 Å². The zero-order valence-corrected chi connectivity index (χ0v) is 15.5. The van der Waals surface area contributed by atoms with Gasteiger partial charge in [0, 0.05) is 50.7 Å². The first-order valence-corrected chi connectivity index (χ1v) is 8.72. The Morgan fingerprint density at radius 1 is 1.12 bits per heavy atom. The van der Waals surface area contributed by atoms with Crippen molar-refractivity contribution in [3.63, 3.8) is 0 Å². The molecule has 144 valence electrons. The highest BCUT2D eigenvalue weighted by Crippen LogP contribution is 2.22. The molecule has 0 aliphatic carbocycles. The first-order chi connectivity index (χ1) is 12.0. The van der Waals surface area contributed by atoms with Gasteiger partial charge in [0.1, 0.15) is 11.6 Å². The SMILES string of the molecule is CC1CN(C(=O)C2CCN(C(=O)c3ccc(F)cc3F)CC2)CCN1.Cl. The van der Waals surface area contributed by atoms with Crippen LogP contribution in [0, 0.1) is 17.6 Å². The van der Waals surface area contributed by atoms with Crippen molar-refractivity contribution in [2.75, 3.05) is 32.7 Å². The van der Waals surface area contributed by atoms with Crippen molar-refractivity contribution in [3.8, 4) is 0 Å². The van der Waals surface area contributed by atoms with Crippen LogP contribution in [0.25, 0.3) is 0 Å². The van der Waals surface area contributed by atoms with Gasteiger partial charge < -0.3 is 15.1 Å². The molecule has 1 atom stereocenters. The Morgan fingerprint density at radius 2 is 1.81 bits per heavy atom. The molecule has 0 spiro atoms. The highest BCUT2D eigenvalue weighted by molar-refractivity contribution is 5.94. The standard InChI is InChI=1S/C18H23F2N3O2.ClH/c1-12-11-23(9-6-21-12)17(24)13-4-7-22(8-5-13)18(25)15-3-2-14(19)10-16(15)20;/h2-3,10,12-13,21H,4-9,11H2,1H3;1H. The van der Waals surface area contributed by atoms with Crippen LogP contribution >= 0.6 is 12.4 Å². The fourth-order valence-electron chi connectivity index (χ4n) is 3.55. The molecule has 2 fully saturated rings. The molecule has 8 heteroatoms. The molecule has 2 saturated heterocycles. The smallest absolute Gasteiger partial charge is 0.256 e. The Hall–Kier alpha value is -1.73. The Balaban J connectivity index is 0.00000243. The maximum atomic E-state index is 13.8. The summed E-state index contributed by atoms with van der Waals surface area (Å²) in [7, 11) is 0. The van der Waals surface area contributed by atoms with Crippen molar-refractivity contribution < 1.29 is 18.4 Å². The van der Waals surface area contributed by atoms with Crippen LogP contribution in [0.15, 0.2) is 18.2 Å². The summed E-state index contributed by atoms with van der Waals surface area (Å²) in [4.78, 5) is 28.5. The van der Waals surface area contributed by atoms with Crippen LogP contribution < -0.4 is 5.32 Å². The second kappa shape index (κ2) is 8.77. The second-order valence-corrected chi connectivity index (χ2v) is 6.83. The molecule has 1 aromatic rings. The molecule has 2 heterocycles. The van der Waals surface area contributed by atoms with E-state index in [1.165, 1.54) is 6.07 Å². The van der Waals surface area contributed by atoms with Gasteiger partial charge in [0.2, 0.25) is 5.91 Å². The molecule has 0 bridgehead atoms. The van der Waals surface area contributed by atoms with Crippen molar-refractivity contribution in [3.05, 3.63) is 35.4 Å². The Labute approximate surface area is 158 Å². The second-order valence-electron chi connectivity index (χ2n) is 6.83. The van der Waals surface area contributed by atoms with Crippen molar-refractivity contribution >= 4 is 24.2 Å². The molecular weight excluding hydrogens is 364 g/mol. The zero-order valence-electron chi connectivity index (χ0n) is 14.7. The van der Waals surface area contributed by atoms with Crippen LogP contribution in [0.2, 0.25) is 0 Å². The quantitative estimate of drug-likeness (QED) is 0.845. The van der Waals surface area contributed by atoms with E-state index in [-0.39, 0.29) is 29.8 Å². The van der Waals surface area contributed by atoms with E-state index in [9.17, 15) is 18.4 Å². The Morgan fingerprint density at radius 3 is 2.42 bits per heavy atom. The lowest BCUT2D eigenvalue weighted by Crippen LogP contribution is -2.54. The molecule has 1 unspecified atom stereocenters. The van der Waals surface area contributed by atoms with Gasteiger partial charge in [0.15, 0.2) is 0 Å². The molecule has 2 aliphatic rings. The summed E-state index contributed by atoms with van der Waals surface area (Å²) in [5.41, 5.74) is -0.123. The molecule has 3 rings (SSSR count). The van der Waals surface area contributed by atoms with Crippen LogP contribution in [0.4, 0.5) is 8.78 Å². The number of nitrogens with zero attached hydrogens (tertiary/aromatic N) is 2. The topological polar surface area (TPSA) is 52.7 Å². The van der Waals surface area contributed by atoms with E-state index >= 15 is 0 Å². The number of piperidine rings is 1. The van der Waals surface area contributed by atoms with E-state index in [2.05, 4.69) is 12.2 Å². The van der Waals surface area contributed by atoms with Gasteiger partial charge in [-0.3, -0.25) is 9.59 Å². The lowest BCUT2D eigenvalue weighted by molar-refractivity contribution is -0.138. The lowest BCUT2D eigenvalue weighted by atomic mass is 9.94. The average molecular weight is 388 g/mol. The highest BCUT2D eigenvalue weighted by atomic mass is 35.5. The number of nitrogens with one attached hydrogen (secondary N) is 1. The minimum absolute atomic E-state index is 0. The summed E-state index contributed by atoms with van der Waals surface area (Å²) in [6.07, 6.45) is 1.15. The van der Waals surface area contributed by atoms with Crippen molar-refractivity contribution in [2.24, 2.45) is 5.92 Å².